The van der Waals surface area contributed by atoms with E-state index in [0.29, 0.717) is 11.0 Å². The minimum absolute atomic E-state index is 0.315. The van der Waals surface area contributed by atoms with Crippen molar-refractivity contribution in [3.8, 4) is 0 Å². The van der Waals surface area contributed by atoms with Crippen LogP contribution in [0.3, 0.4) is 0 Å². The number of likely N-dealkylation sites (N-methyl/N-ethyl adjacent to an activating group) is 1. The third-order valence-corrected chi connectivity index (χ3v) is 4.28. The third-order valence-electron chi connectivity index (χ3n) is 4.28. The van der Waals surface area contributed by atoms with E-state index in [2.05, 4.69) is 29.0 Å². The molecule has 0 aliphatic heterocycles. The van der Waals surface area contributed by atoms with Crippen LogP contribution in [0.1, 0.15) is 19.4 Å². The number of nitrogens with zero attached hydrogens (tertiary/aromatic N) is 4. The molecule has 1 N–H and O–H groups in total. The van der Waals surface area contributed by atoms with Crippen LogP contribution in [0.15, 0.2) is 15.8 Å². The van der Waals surface area contributed by atoms with Gasteiger partial charge in [-0.15, -0.1) is 0 Å². The van der Waals surface area contributed by atoms with Gasteiger partial charge in [0.2, 0.25) is 0 Å². The second-order valence-electron chi connectivity index (χ2n) is 5.67. The van der Waals surface area contributed by atoms with Crippen molar-refractivity contribution < 1.29 is 0 Å². The lowest BCUT2D eigenvalue weighted by Gasteiger charge is -2.20. The predicted octanol–water partition coefficient (Wildman–Crippen LogP) is 0.694. The lowest BCUT2D eigenvalue weighted by Crippen LogP contribution is -2.38. The van der Waals surface area contributed by atoms with E-state index in [-0.39, 0.29) is 11.2 Å². The van der Waals surface area contributed by atoms with Crippen molar-refractivity contribution in [1.29, 1.82) is 0 Å². The fraction of sp³-hybridized carbons (Fsp3) is 0.562. The van der Waals surface area contributed by atoms with Gasteiger partial charge in [-0.1, -0.05) is 13.8 Å². The Morgan fingerprint density at radius 3 is 2.43 bits per heavy atom. The lowest BCUT2D eigenvalue weighted by atomic mass is 10.2. The van der Waals surface area contributed by atoms with E-state index >= 15 is 0 Å². The van der Waals surface area contributed by atoms with Gasteiger partial charge in [0, 0.05) is 33.4 Å². The van der Waals surface area contributed by atoms with Crippen LogP contribution >= 0.6 is 0 Å². The summed E-state index contributed by atoms with van der Waals surface area (Å²) in [5.41, 5.74) is 1.39. The summed E-state index contributed by atoms with van der Waals surface area (Å²) in [6, 6.07) is 0. The van der Waals surface area contributed by atoms with Crippen molar-refractivity contribution in [3.63, 3.8) is 0 Å². The SMILES string of the molecule is CCN(CC)CCNc1c(C)cnc2c1c(=O)n(C)c(=O)n2C. The molecule has 0 saturated carbocycles. The van der Waals surface area contributed by atoms with Gasteiger partial charge in [0.1, 0.15) is 5.39 Å². The second-order valence-corrected chi connectivity index (χ2v) is 5.67. The summed E-state index contributed by atoms with van der Waals surface area (Å²) >= 11 is 0. The monoisotopic (exact) mass is 319 g/mol. The van der Waals surface area contributed by atoms with E-state index in [1.807, 2.05) is 6.92 Å². The Kier molecular flexibility index (Phi) is 5.20. The van der Waals surface area contributed by atoms with Crippen LogP contribution in [0.5, 0.6) is 0 Å². The molecule has 7 heteroatoms. The van der Waals surface area contributed by atoms with Crippen LogP contribution in [-0.4, -0.2) is 45.2 Å². The molecule has 0 unspecified atom stereocenters. The van der Waals surface area contributed by atoms with Gasteiger partial charge < -0.3 is 10.2 Å². The molecule has 0 aliphatic carbocycles. The molecule has 2 aromatic heterocycles. The van der Waals surface area contributed by atoms with E-state index in [1.165, 1.54) is 11.6 Å². The Labute approximate surface area is 135 Å². The minimum atomic E-state index is -0.368. The average molecular weight is 319 g/mol. The van der Waals surface area contributed by atoms with Crippen molar-refractivity contribution in [1.82, 2.24) is 19.0 Å². The van der Waals surface area contributed by atoms with E-state index in [9.17, 15) is 9.59 Å². The number of hydrogen-bond donors (Lipinski definition) is 1. The van der Waals surface area contributed by atoms with Gasteiger partial charge in [0.25, 0.3) is 5.56 Å². The Balaban J connectivity index is 2.49. The number of anilines is 1. The summed E-state index contributed by atoms with van der Waals surface area (Å²) in [6.45, 7) is 9.77. The molecule has 0 spiro atoms. The molecule has 0 fully saturated rings. The number of aromatic nitrogens is 3. The maximum atomic E-state index is 12.5. The van der Waals surface area contributed by atoms with Gasteiger partial charge in [0.15, 0.2) is 5.65 Å². The van der Waals surface area contributed by atoms with E-state index in [0.717, 1.165) is 42.0 Å². The largest absolute Gasteiger partial charge is 0.383 e. The molecule has 0 atom stereocenters. The summed E-state index contributed by atoms with van der Waals surface area (Å²) in [7, 11) is 3.12. The first-order chi connectivity index (χ1) is 10.9. The van der Waals surface area contributed by atoms with Crippen molar-refractivity contribution >= 4 is 16.7 Å². The van der Waals surface area contributed by atoms with Crippen LogP contribution in [-0.2, 0) is 14.1 Å². The Bertz CT molecular complexity index is 818. The first-order valence-electron chi connectivity index (χ1n) is 7.93. The molecular formula is C16H25N5O2. The second kappa shape index (κ2) is 6.95. The van der Waals surface area contributed by atoms with Crippen LogP contribution in [0.25, 0.3) is 11.0 Å². The summed E-state index contributed by atoms with van der Waals surface area (Å²) in [6.07, 6.45) is 1.70. The zero-order chi connectivity index (χ0) is 17.1. The number of aryl methyl sites for hydroxylation is 2. The smallest absolute Gasteiger partial charge is 0.332 e. The van der Waals surface area contributed by atoms with E-state index in [4.69, 9.17) is 0 Å². The molecule has 126 valence electrons. The van der Waals surface area contributed by atoms with Crippen LogP contribution in [0.2, 0.25) is 0 Å². The molecule has 0 aromatic carbocycles. The zero-order valence-corrected chi connectivity index (χ0v) is 14.5. The van der Waals surface area contributed by atoms with Gasteiger partial charge in [-0.2, -0.15) is 0 Å². The Morgan fingerprint density at radius 1 is 1.17 bits per heavy atom. The van der Waals surface area contributed by atoms with Gasteiger partial charge in [-0.25, -0.2) is 9.78 Å². The molecule has 0 amide bonds. The highest BCUT2D eigenvalue weighted by atomic mass is 16.2. The highest BCUT2D eigenvalue weighted by Crippen LogP contribution is 2.21. The molecule has 2 heterocycles. The van der Waals surface area contributed by atoms with Crippen LogP contribution in [0.4, 0.5) is 5.69 Å². The van der Waals surface area contributed by atoms with E-state index in [1.54, 1.807) is 13.2 Å². The first-order valence-corrected chi connectivity index (χ1v) is 7.93. The van der Waals surface area contributed by atoms with Gasteiger partial charge in [-0.3, -0.25) is 13.9 Å². The fourth-order valence-electron chi connectivity index (χ4n) is 2.73. The van der Waals surface area contributed by atoms with E-state index < -0.39 is 0 Å². The quantitative estimate of drug-likeness (QED) is 0.848. The van der Waals surface area contributed by atoms with Crippen LogP contribution in [0, 0.1) is 6.92 Å². The van der Waals surface area contributed by atoms with Crippen molar-refractivity contribution in [3.05, 3.63) is 32.6 Å². The highest BCUT2D eigenvalue weighted by molar-refractivity contribution is 5.89. The van der Waals surface area contributed by atoms with Gasteiger partial charge in [-0.05, 0) is 25.6 Å². The molecular weight excluding hydrogens is 294 g/mol. The molecule has 7 nitrogen and oxygen atoms in total. The number of fused-ring (bicyclic) bond motifs is 1. The molecule has 0 bridgehead atoms. The van der Waals surface area contributed by atoms with Gasteiger partial charge >= 0.3 is 5.69 Å². The van der Waals surface area contributed by atoms with Crippen molar-refractivity contribution in [2.24, 2.45) is 14.1 Å². The molecule has 0 radical (unpaired) electrons. The summed E-state index contributed by atoms with van der Waals surface area (Å²) in [4.78, 5) is 31.2. The number of pyridine rings is 1. The molecule has 0 aliphatic rings. The number of hydrogen-bond acceptors (Lipinski definition) is 5. The summed E-state index contributed by atoms with van der Waals surface area (Å²) < 4.78 is 2.53. The number of nitrogens with one attached hydrogen (secondary N) is 1. The average Bonchev–Trinajstić information content (AvgIpc) is 2.56. The molecule has 2 aromatic rings. The third kappa shape index (κ3) is 3.14. The number of rotatable bonds is 6. The Morgan fingerprint density at radius 2 is 1.83 bits per heavy atom. The van der Waals surface area contributed by atoms with Crippen molar-refractivity contribution in [2.75, 3.05) is 31.5 Å². The predicted molar refractivity (Wildman–Crippen MR) is 93.2 cm³/mol. The molecule has 23 heavy (non-hydrogen) atoms. The maximum Gasteiger partial charge on any atom is 0.332 e. The Hall–Kier alpha value is -2.15. The standard InChI is InChI=1S/C16H25N5O2/c1-6-21(7-2)9-8-17-13-11(3)10-18-14-12(13)15(22)20(5)16(23)19(14)4/h10H,6-9H2,1-5H3,(H,17,18). The van der Waals surface area contributed by atoms with Crippen molar-refractivity contribution in [2.45, 2.75) is 20.8 Å². The molecule has 2 rings (SSSR count). The zero-order valence-electron chi connectivity index (χ0n) is 14.5. The normalized spacial score (nSPS) is 11.4. The topological polar surface area (TPSA) is 72.2 Å². The summed E-state index contributed by atoms with van der Waals surface area (Å²) in [5, 5.41) is 3.83. The maximum absolute atomic E-state index is 12.5. The first kappa shape index (κ1) is 17.2. The molecule has 0 saturated heterocycles. The summed E-state index contributed by atoms with van der Waals surface area (Å²) in [5.74, 6) is 0. The van der Waals surface area contributed by atoms with Gasteiger partial charge in [0.05, 0.1) is 5.69 Å². The minimum Gasteiger partial charge on any atom is -0.383 e. The van der Waals surface area contributed by atoms with Crippen LogP contribution < -0.4 is 16.6 Å². The fourth-order valence-corrected chi connectivity index (χ4v) is 2.73. The lowest BCUT2D eigenvalue weighted by molar-refractivity contribution is 0.316. The highest BCUT2D eigenvalue weighted by Gasteiger charge is 2.15.